The van der Waals surface area contributed by atoms with E-state index >= 15 is 0 Å². The first-order chi connectivity index (χ1) is 7.55. The largest absolute Gasteiger partial charge is 0.396 e. The predicted octanol–water partition coefficient (Wildman–Crippen LogP) is -3.34. The van der Waals surface area contributed by atoms with Gasteiger partial charge in [-0.05, 0) is 6.42 Å². The van der Waals surface area contributed by atoms with Crippen LogP contribution < -0.4 is 0 Å². The van der Waals surface area contributed by atoms with E-state index < -0.39 is 37.9 Å². The van der Waals surface area contributed by atoms with Crippen LogP contribution in [0.1, 0.15) is 6.42 Å². The number of rotatable bonds is 7. The molecule has 0 aromatic heterocycles. The summed E-state index contributed by atoms with van der Waals surface area (Å²) in [6.45, 7) is -1.96. The average Bonchev–Trinajstić information content (AvgIpc) is 2.34. The van der Waals surface area contributed by atoms with Gasteiger partial charge >= 0.3 is 0 Å². The zero-order chi connectivity index (χ0) is 13.0. The molecular formula is C9H22O7. The highest BCUT2D eigenvalue weighted by molar-refractivity contribution is 4.74. The summed E-state index contributed by atoms with van der Waals surface area (Å²) in [4.78, 5) is 0. The van der Waals surface area contributed by atoms with Gasteiger partial charge in [0.25, 0.3) is 0 Å². The van der Waals surface area contributed by atoms with Gasteiger partial charge in [0.05, 0.1) is 44.6 Å². The molecule has 100 valence electrons. The Morgan fingerprint density at radius 3 is 1.19 bits per heavy atom. The van der Waals surface area contributed by atoms with Crippen molar-refractivity contribution in [3.8, 4) is 0 Å². The van der Waals surface area contributed by atoms with Gasteiger partial charge in [0.2, 0.25) is 0 Å². The van der Waals surface area contributed by atoms with Crippen molar-refractivity contribution in [3.05, 3.63) is 0 Å². The number of aliphatic hydroxyl groups is 7. The summed E-state index contributed by atoms with van der Waals surface area (Å²) in [5, 5.41) is 58.6. The highest BCUT2D eigenvalue weighted by Gasteiger charge is 2.26. The first-order valence-electron chi connectivity index (χ1n) is 4.89. The van der Waals surface area contributed by atoms with Crippen LogP contribution in [0.2, 0.25) is 0 Å². The summed E-state index contributed by atoms with van der Waals surface area (Å²) in [5.74, 6) is 0. The van der Waals surface area contributed by atoms with Crippen molar-refractivity contribution >= 4 is 0 Å². The molecule has 0 aliphatic carbocycles. The second kappa shape index (κ2) is 11.2. The highest BCUT2D eigenvalue weighted by atomic mass is 16.3. The fourth-order valence-electron chi connectivity index (χ4n) is 0.540. The number of hydrogen-bond acceptors (Lipinski definition) is 7. The third-order valence-corrected chi connectivity index (χ3v) is 2.01. The first-order valence-corrected chi connectivity index (χ1v) is 4.89. The molecule has 0 radical (unpaired) electrons. The molecule has 0 saturated heterocycles. The standard InChI is InChI=1S/C5H12O4.C4H10O3/c6-1-5(2-7,3-8)4-9;5-2-1-4(7)3-6/h6-9H,1-4H2;4-7H,1-3H2. The number of aliphatic hydroxyl groups excluding tert-OH is 7. The lowest BCUT2D eigenvalue weighted by molar-refractivity contribution is -0.0328. The Bertz CT molecular complexity index is 120. The van der Waals surface area contributed by atoms with Gasteiger partial charge in [-0.2, -0.15) is 0 Å². The van der Waals surface area contributed by atoms with Gasteiger partial charge in [0.1, 0.15) is 0 Å². The Morgan fingerprint density at radius 1 is 0.750 bits per heavy atom. The number of hydrogen-bond donors (Lipinski definition) is 7. The molecule has 0 aromatic rings. The van der Waals surface area contributed by atoms with E-state index in [1.807, 2.05) is 0 Å². The lowest BCUT2D eigenvalue weighted by Crippen LogP contribution is -2.37. The molecule has 7 heteroatoms. The smallest absolute Gasteiger partial charge is 0.0792 e. The van der Waals surface area contributed by atoms with Crippen molar-refractivity contribution in [1.82, 2.24) is 0 Å². The molecule has 0 fully saturated rings. The summed E-state index contributed by atoms with van der Waals surface area (Å²) < 4.78 is 0. The minimum Gasteiger partial charge on any atom is -0.396 e. The minimum absolute atomic E-state index is 0.0677. The zero-order valence-corrected chi connectivity index (χ0v) is 9.16. The average molecular weight is 242 g/mol. The first kappa shape index (κ1) is 18.1. The van der Waals surface area contributed by atoms with Crippen LogP contribution in [0.3, 0.4) is 0 Å². The van der Waals surface area contributed by atoms with E-state index in [-0.39, 0.29) is 19.6 Å². The normalized spacial score (nSPS) is 12.9. The molecule has 0 amide bonds. The summed E-state index contributed by atoms with van der Waals surface area (Å²) in [6.07, 6.45) is -0.485. The van der Waals surface area contributed by atoms with Crippen LogP contribution in [-0.2, 0) is 0 Å². The van der Waals surface area contributed by atoms with E-state index in [1.165, 1.54) is 0 Å². The molecule has 1 unspecified atom stereocenters. The van der Waals surface area contributed by atoms with Crippen LogP contribution in [0.4, 0.5) is 0 Å². The molecule has 0 saturated carbocycles. The summed E-state index contributed by atoms with van der Waals surface area (Å²) >= 11 is 0. The Kier molecular flexibility index (Phi) is 12.7. The van der Waals surface area contributed by atoms with Crippen molar-refractivity contribution in [2.75, 3.05) is 39.6 Å². The molecule has 0 rings (SSSR count). The molecule has 16 heavy (non-hydrogen) atoms. The third-order valence-electron chi connectivity index (χ3n) is 2.01. The fourth-order valence-corrected chi connectivity index (χ4v) is 0.540. The van der Waals surface area contributed by atoms with Crippen molar-refractivity contribution in [2.45, 2.75) is 12.5 Å². The van der Waals surface area contributed by atoms with Crippen LogP contribution in [0.25, 0.3) is 0 Å². The van der Waals surface area contributed by atoms with Crippen LogP contribution in [0.15, 0.2) is 0 Å². The monoisotopic (exact) mass is 242 g/mol. The maximum absolute atomic E-state index is 8.50. The molecule has 7 nitrogen and oxygen atoms in total. The molecule has 0 aliphatic rings. The second-order valence-electron chi connectivity index (χ2n) is 3.48. The van der Waals surface area contributed by atoms with E-state index in [2.05, 4.69) is 0 Å². The molecule has 0 aromatic carbocycles. The molecule has 7 N–H and O–H groups in total. The summed E-state index contributed by atoms with van der Waals surface area (Å²) in [6, 6.07) is 0. The zero-order valence-electron chi connectivity index (χ0n) is 9.16. The summed E-state index contributed by atoms with van der Waals surface area (Å²) in [5.41, 5.74) is -1.11. The van der Waals surface area contributed by atoms with Crippen molar-refractivity contribution in [2.24, 2.45) is 5.41 Å². The SMILES string of the molecule is OCC(CO)(CO)CO.OCCC(O)CO. The molecular weight excluding hydrogens is 220 g/mol. The van der Waals surface area contributed by atoms with E-state index in [9.17, 15) is 0 Å². The van der Waals surface area contributed by atoms with E-state index in [0.717, 1.165) is 0 Å². The minimum atomic E-state index is -1.11. The second-order valence-corrected chi connectivity index (χ2v) is 3.48. The van der Waals surface area contributed by atoms with Crippen molar-refractivity contribution in [1.29, 1.82) is 0 Å². The van der Waals surface area contributed by atoms with E-state index in [0.29, 0.717) is 0 Å². The molecule has 0 heterocycles. The molecule has 0 bridgehead atoms. The fraction of sp³-hybridized carbons (Fsp3) is 1.00. The van der Waals surface area contributed by atoms with Crippen LogP contribution >= 0.6 is 0 Å². The van der Waals surface area contributed by atoms with Crippen molar-refractivity contribution in [3.63, 3.8) is 0 Å². The maximum Gasteiger partial charge on any atom is 0.0792 e. The van der Waals surface area contributed by atoms with E-state index in [1.54, 1.807) is 0 Å². The Balaban J connectivity index is 0. The van der Waals surface area contributed by atoms with Crippen LogP contribution in [-0.4, -0.2) is 81.5 Å². The van der Waals surface area contributed by atoms with Gasteiger partial charge in [-0.3, -0.25) is 0 Å². The maximum atomic E-state index is 8.50. The van der Waals surface area contributed by atoms with Gasteiger partial charge in [-0.1, -0.05) is 0 Å². The lowest BCUT2D eigenvalue weighted by atomic mass is 9.93. The lowest BCUT2D eigenvalue weighted by Gasteiger charge is -2.23. The van der Waals surface area contributed by atoms with Gasteiger partial charge < -0.3 is 35.7 Å². The highest BCUT2D eigenvalue weighted by Crippen LogP contribution is 2.11. The van der Waals surface area contributed by atoms with Gasteiger partial charge in [-0.15, -0.1) is 0 Å². The third kappa shape index (κ3) is 7.94. The molecule has 0 spiro atoms. The molecule has 0 aliphatic heterocycles. The quantitative estimate of drug-likeness (QED) is 0.247. The van der Waals surface area contributed by atoms with Crippen molar-refractivity contribution < 1.29 is 35.7 Å². The Hall–Kier alpha value is -0.280. The van der Waals surface area contributed by atoms with Crippen LogP contribution in [0, 0.1) is 5.41 Å². The topological polar surface area (TPSA) is 142 Å². The molecule has 1 atom stereocenters. The Labute approximate surface area is 94.2 Å². The van der Waals surface area contributed by atoms with Gasteiger partial charge in [0.15, 0.2) is 0 Å². The van der Waals surface area contributed by atoms with Crippen LogP contribution in [0.5, 0.6) is 0 Å². The summed E-state index contributed by atoms with van der Waals surface area (Å²) in [7, 11) is 0. The van der Waals surface area contributed by atoms with Gasteiger partial charge in [-0.25, -0.2) is 0 Å². The Morgan fingerprint density at radius 2 is 1.12 bits per heavy atom. The predicted molar refractivity (Wildman–Crippen MR) is 55.6 cm³/mol. The van der Waals surface area contributed by atoms with E-state index in [4.69, 9.17) is 35.7 Å². The van der Waals surface area contributed by atoms with Gasteiger partial charge in [0, 0.05) is 6.61 Å².